The van der Waals surface area contributed by atoms with E-state index in [-0.39, 0.29) is 11.0 Å². The second-order valence-corrected chi connectivity index (χ2v) is 7.04. The third-order valence-corrected chi connectivity index (χ3v) is 3.99. The van der Waals surface area contributed by atoms with E-state index in [1.54, 1.807) is 30.3 Å². The van der Waals surface area contributed by atoms with Crippen LogP contribution >= 0.6 is 44.1 Å². The van der Waals surface area contributed by atoms with Crippen LogP contribution in [-0.4, -0.2) is 16.9 Å². The first-order valence-electron chi connectivity index (χ1n) is 7.04. The standard InChI is InChI=1S/C17H13Br2N3O2S/c18-13-8-11(9-14(19)10-13)6-7-15(23)20-17(25)22-21-16(24)12-4-2-1-3-5-12/h1-10H,(H,21,24)(H2,20,22,23,25)/b7-6+. The first-order chi connectivity index (χ1) is 11.9. The minimum atomic E-state index is -0.414. The Morgan fingerprint density at radius 3 is 2.24 bits per heavy atom. The summed E-state index contributed by atoms with van der Waals surface area (Å²) >= 11 is 11.7. The molecule has 0 bridgehead atoms. The lowest BCUT2D eigenvalue weighted by molar-refractivity contribution is -0.115. The molecule has 0 aliphatic rings. The number of hydrogen-bond donors (Lipinski definition) is 3. The molecule has 0 fully saturated rings. The molecule has 0 aliphatic heterocycles. The van der Waals surface area contributed by atoms with Crippen LogP contribution in [0.5, 0.6) is 0 Å². The van der Waals surface area contributed by atoms with Crippen molar-refractivity contribution >= 4 is 67.1 Å². The number of amides is 2. The van der Waals surface area contributed by atoms with Gasteiger partial charge in [0.05, 0.1) is 0 Å². The van der Waals surface area contributed by atoms with Crippen LogP contribution in [0.1, 0.15) is 15.9 Å². The monoisotopic (exact) mass is 481 g/mol. The zero-order chi connectivity index (χ0) is 18.2. The maximum atomic E-state index is 11.8. The minimum Gasteiger partial charge on any atom is -0.298 e. The van der Waals surface area contributed by atoms with Crippen LogP contribution in [0.15, 0.2) is 63.6 Å². The van der Waals surface area contributed by atoms with E-state index in [2.05, 4.69) is 48.0 Å². The van der Waals surface area contributed by atoms with Crippen LogP contribution in [0.3, 0.4) is 0 Å². The van der Waals surface area contributed by atoms with Crippen LogP contribution in [0.25, 0.3) is 6.08 Å². The Bertz CT molecular complexity index is 806. The van der Waals surface area contributed by atoms with E-state index in [0.29, 0.717) is 5.56 Å². The van der Waals surface area contributed by atoms with Gasteiger partial charge in [-0.3, -0.25) is 25.8 Å². The summed E-state index contributed by atoms with van der Waals surface area (Å²) in [7, 11) is 0. The first kappa shape index (κ1) is 19.3. The molecule has 5 nitrogen and oxygen atoms in total. The Hall–Kier alpha value is -2.03. The van der Waals surface area contributed by atoms with Crippen molar-refractivity contribution in [2.75, 3.05) is 0 Å². The fourth-order valence-electron chi connectivity index (χ4n) is 1.80. The van der Waals surface area contributed by atoms with E-state index < -0.39 is 5.91 Å². The summed E-state index contributed by atoms with van der Waals surface area (Å²) in [4.78, 5) is 23.7. The number of rotatable bonds is 3. The molecule has 128 valence electrons. The van der Waals surface area contributed by atoms with Crippen molar-refractivity contribution < 1.29 is 9.59 Å². The lowest BCUT2D eigenvalue weighted by Crippen LogP contribution is -2.48. The highest BCUT2D eigenvalue weighted by molar-refractivity contribution is 9.11. The molecule has 0 spiro atoms. The molecule has 25 heavy (non-hydrogen) atoms. The summed E-state index contributed by atoms with van der Waals surface area (Å²) in [6.07, 6.45) is 3.00. The van der Waals surface area contributed by atoms with Crippen LogP contribution in [0.2, 0.25) is 0 Å². The van der Waals surface area contributed by atoms with E-state index in [1.807, 2.05) is 24.3 Å². The Labute approximate surface area is 167 Å². The quantitative estimate of drug-likeness (QED) is 0.355. The third-order valence-electron chi connectivity index (χ3n) is 2.87. The van der Waals surface area contributed by atoms with Gasteiger partial charge in [-0.05, 0) is 54.2 Å². The maximum Gasteiger partial charge on any atom is 0.269 e. The van der Waals surface area contributed by atoms with Crippen molar-refractivity contribution in [3.05, 3.63) is 74.7 Å². The zero-order valence-corrected chi connectivity index (χ0v) is 16.7. The fourth-order valence-corrected chi connectivity index (χ4v) is 3.28. The van der Waals surface area contributed by atoms with Crippen LogP contribution in [0.4, 0.5) is 0 Å². The maximum absolute atomic E-state index is 11.8. The second kappa shape index (κ2) is 9.45. The number of halogens is 2. The van der Waals surface area contributed by atoms with Gasteiger partial charge in [-0.15, -0.1) is 0 Å². The highest BCUT2D eigenvalue weighted by Crippen LogP contribution is 2.20. The third kappa shape index (κ3) is 6.77. The molecule has 2 aromatic rings. The predicted molar refractivity (Wildman–Crippen MR) is 109 cm³/mol. The van der Waals surface area contributed by atoms with Crippen molar-refractivity contribution in [1.82, 2.24) is 16.2 Å². The highest BCUT2D eigenvalue weighted by Gasteiger charge is 2.05. The molecule has 0 radical (unpaired) electrons. The number of benzene rings is 2. The van der Waals surface area contributed by atoms with Gasteiger partial charge < -0.3 is 0 Å². The lowest BCUT2D eigenvalue weighted by atomic mass is 10.2. The Balaban J connectivity index is 1.82. The number of hydrogen-bond acceptors (Lipinski definition) is 3. The molecule has 8 heteroatoms. The van der Waals surface area contributed by atoms with E-state index in [9.17, 15) is 9.59 Å². The number of carbonyl (C=O) groups is 2. The lowest BCUT2D eigenvalue weighted by Gasteiger charge is -2.09. The molecule has 0 unspecified atom stereocenters. The van der Waals surface area contributed by atoms with E-state index in [1.165, 1.54) is 6.08 Å². The minimum absolute atomic E-state index is 0.00523. The highest BCUT2D eigenvalue weighted by atomic mass is 79.9. The van der Waals surface area contributed by atoms with Gasteiger partial charge in [0.1, 0.15) is 0 Å². The number of carbonyl (C=O) groups excluding carboxylic acids is 2. The smallest absolute Gasteiger partial charge is 0.269 e. The summed E-state index contributed by atoms with van der Waals surface area (Å²) in [6.45, 7) is 0. The van der Waals surface area contributed by atoms with E-state index in [0.717, 1.165) is 14.5 Å². The normalized spacial score (nSPS) is 10.3. The molecule has 2 aromatic carbocycles. The van der Waals surface area contributed by atoms with Gasteiger partial charge in [-0.2, -0.15) is 0 Å². The second-order valence-electron chi connectivity index (χ2n) is 4.80. The molecule has 2 rings (SSSR count). The molecular weight excluding hydrogens is 470 g/mol. The van der Waals surface area contributed by atoms with Crippen molar-refractivity contribution in [1.29, 1.82) is 0 Å². The Morgan fingerprint density at radius 1 is 0.960 bits per heavy atom. The van der Waals surface area contributed by atoms with E-state index in [4.69, 9.17) is 12.2 Å². The van der Waals surface area contributed by atoms with Crippen molar-refractivity contribution in [3.8, 4) is 0 Å². The molecular formula is C17H13Br2N3O2S. The summed E-state index contributed by atoms with van der Waals surface area (Å²) in [5.74, 6) is -0.769. The molecule has 0 atom stereocenters. The average molecular weight is 483 g/mol. The molecule has 0 aliphatic carbocycles. The summed E-state index contributed by atoms with van der Waals surface area (Å²) in [5, 5.41) is 2.44. The van der Waals surface area contributed by atoms with Gasteiger partial charge >= 0.3 is 0 Å². The first-order valence-corrected chi connectivity index (χ1v) is 9.04. The SMILES string of the molecule is O=C(/C=C/c1cc(Br)cc(Br)c1)NC(=S)NNC(=O)c1ccccc1. The number of nitrogens with one attached hydrogen (secondary N) is 3. The zero-order valence-electron chi connectivity index (χ0n) is 12.8. The summed E-state index contributed by atoms with van der Waals surface area (Å²) in [5.41, 5.74) is 6.21. The van der Waals surface area contributed by atoms with Crippen LogP contribution in [-0.2, 0) is 4.79 Å². The van der Waals surface area contributed by atoms with E-state index >= 15 is 0 Å². The summed E-state index contributed by atoms with van der Waals surface area (Å²) < 4.78 is 1.78. The van der Waals surface area contributed by atoms with Gasteiger partial charge in [-0.1, -0.05) is 50.1 Å². The van der Waals surface area contributed by atoms with Crippen molar-refractivity contribution in [3.63, 3.8) is 0 Å². The molecule has 0 aromatic heterocycles. The topological polar surface area (TPSA) is 70.2 Å². The van der Waals surface area contributed by atoms with Crippen LogP contribution < -0.4 is 16.2 Å². The largest absolute Gasteiger partial charge is 0.298 e. The Kier molecular flexibility index (Phi) is 7.30. The number of hydrazine groups is 1. The fraction of sp³-hybridized carbons (Fsp3) is 0. The van der Waals surface area contributed by atoms with Gasteiger partial charge in [0.2, 0.25) is 5.91 Å². The van der Waals surface area contributed by atoms with Gasteiger partial charge in [0, 0.05) is 20.6 Å². The predicted octanol–water partition coefficient (Wildman–Crippen LogP) is 3.56. The van der Waals surface area contributed by atoms with Crippen LogP contribution in [0, 0.1) is 0 Å². The van der Waals surface area contributed by atoms with Gasteiger partial charge in [0.25, 0.3) is 5.91 Å². The molecule has 0 saturated carbocycles. The molecule has 0 saturated heterocycles. The van der Waals surface area contributed by atoms with Gasteiger partial charge in [0.15, 0.2) is 5.11 Å². The van der Waals surface area contributed by atoms with Crippen molar-refractivity contribution in [2.24, 2.45) is 0 Å². The Morgan fingerprint density at radius 2 is 1.60 bits per heavy atom. The average Bonchev–Trinajstić information content (AvgIpc) is 2.58. The molecule has 3 N–H and O–H groups in total. The summed E-state index contributed by atoms with van der Waals surface area (Å²) in [6, 6.07) is 14.3. The molecule has 2 amide bonds. The molecule has 0 heterocycles. The van der Waals surface area contributed by atoms with Gasteiger partial charge in [-0.25, -0.2) is 0 Å². The van der Waals surface area contributed by atoms with Crippen molar-refractivity contribution in [2.45, 2.75) is 0 Å². The number of thiocarbonyl (C=S) groups is 1.